The Hall–Kier alpha value is -8.26. The second kappa shape index (κ2) is 33.1. The van der Waals surface area contributed by atoms with Gasteiger partial charge in [0, 0.05) is 122 Å². The number of fused-ring (bicyclic) bond motifs is 5. The lowest BCUT2D eigenvalue weighted by Crippen LogP contribution is -2.39. The normalized spacial score (nSPS) is 13.1. The maximum absolute atomic E-state index is 12.4. The standard InChI is InChI=1S/C27H23Cl2N5.C19H17BrCl2N4.C19H24BrN3O2.C8H8BNO2.C5H2Cl2FN/c1-16-5-3-6-17(2)25(16)34-26(20-7-4-8-23-19(20)9-11-30-23)21-15-33(12-10-24(21)32-34)27-22(29)13-18(28)14-31-27;1-11-4-3-5-12(2)17(11)26-18(20)14-10-25(7-6-16(14)24-26)19-15(22)8-13(21)9-23-19;1-12-7-6-8-13(2)16(12)23-17(20)14-11-22(10-9-15(14)21-23)18(24)25-19(3,4)5;11-9(12)7-2-1-3-8-6(7)4-5-10-8;6-3-1-4(7)5(8)9-2-3/h3-9,11,13-14,30H,10,12,15H2,1-2H3;3-5,8-9H,6-7,10H2,1-2H3;6-8H,9-11H2,1-5H3;1-5,10-12H;1-2H. The molecule has 11 heterocycles. The molecule has 16 rings (SSSR count). The van der Waals surface area contributed by atoms with Crippen molar-refractivity contribution in [3.63, 3.8) is 0 Å². The zero-order valence-electron chi connectivity index (χ0n) is 59.4. The Morgan fingerprint density at radius 3 is 1.40 bits per heavy atom. The number of carbonyl (C=O) groups excluding carboxylic acids is 1. The predicted octanol–water partition coefficient (Wildman–Crippen LogP) is 19.3. The third kappa shape index (κ3) is 17.0. The van der Waals surface area contributed by atoms with Gasteiger partial charge in [-0.05, 0) is 181 Å². The van der Waals surface area contributed by atoms with Gasteiger partial charge in [0.05, 0.1) is 76.5 Å². The van der Waals surface area contributed by atoms with Gasteiger partial charge in [-0.3, -0.25) is 0 Å². The van der Waals surface area contributed by atoms with Crippen LogP contribution < -0.4 is 15.3 Å². The summed E-state index contributed by atoms with van der Waals surface area (Å²) in [7, 11) is -1.40. The Morgan fingerprint density at radius 1 is 0.519 bits per heavy atom. The van der Waals surface area contributed by atoms with Gasteiger partial charge >= 0.3 is 13.2 Å². The lowest BCUT2D eigenvalue weighted by molar-refractivity contribution is 0.0223. The Bertz CT molecular complexity index is 5370. The molecule has 0 saturated heterocycles. The molecule has 546 valence electrons. The van der Waals surface area contributed by atoms with Crippen molar-refractivity contribution in [2.24, 2.45) is 0 Å². The van der Waals surface area contributed by atoms with Crippen LogP contribution >= 0.6 is 101 Å². The molecule has 0 saturated carbocycles. The highest BCUT2D eigenvalue weighted by molar-refractivity contribution is 9.10. The zero-order chi connectivity index (χ0) is 75.6. The number of anilines is 2. The molecule has 1 amide bonds. The molecule has 8 aromatic heterocycles. The molecule has 0 unspecified atom stereocenters. The van der Waals surface area contributed by atoms with E-state index in [1.165, 1.54) is 62.2 Å². The van der Waals surface area contributed by atoms with E-state index in [9.17, 15) is 9.18 Å². The van der Waals surface area contributed by atoms with E-state index in [0.717, 1.165) is 121 Å². The highest BCUT2D eigenvalue weighted by Gasteiger charge is 2.33. The number of rotatable bonds is 7. The van der Waals surface area contributed by atoms with Crippen LogP contribution in [0.25, 0.3) is 50.1 Å². The number of carbonyl (C=O) groups is 1. The second-order valence-corrected chi connectivity index (χ2v) is 30.9. The molecule has 3 aliphatic heterocycles. The van der Waals surface area contributed by atoms with Crippen molar-refractivity contribution in [3.05, 3.63) is 265 Å². The summed E-state index contributed by atoms with van der Waals surface area (Å²) in [6, 6.07) is 39.4. The molecule has 0 aliphatic carbocycles. The highest BCUT2D eigenvalue weighted by Crippen LogP contribution is 2.41. The minimum Gasteiger partial charge on any atom is -0.444 e. The van der Waals surface area contributed by atoms with Crippen LogP contribution in [0.5, 0.6) is 0 Å². The van der Waals surface area contributed by atoms with Crippen LogP contribution in [0.4, 0.5) is 20.8 Å². The lowest BCUT2D eigenvalue weighted by Gasteiger charge is -2.29. The maximum Gasteiger partial charge on any atom is 0.489 e. The number of hydrogen-bond acceptors (Lipinski definition) is 12. The van der Waals surface area contributed by atoms with Crippen LogP contribution in [0.15, 0.2) is 162 Å². The van der Waals surface area contributed by atoms with Gasteiger partial charge in [0.2, 0.25) is 5.95 Å². The van der Waals surface area contributed by atoms with Crippen LogP contribution in [-0.2, 0) is 43.6 Å². The summed E-state index contributed by atoms with van der Waals surface area (Å²) in [5.74, 6) is 0.817. The number of nitrogens with zero attached hydrogens (tertiary/aromatic N) is 12. The number of aromatic amines is 2. The number of halogens is 9. The summed E-state index contributed by atoms with van der Waals surface area (Å²) >= 11 is 43.1. The third-order valence-corrected chi connectivity index (χ3v) is 21.3. The van der Waals surface area contributed by atoms with Crippen molar-refractivity contribution in [2.75, 3.05) is 29.4 Å². The van der Waals surface area contributed by atoms with E-state index >= 15 is 0 Å². The lowest BCUT2D eigenvalue weighted by atomic mass is 9.78. The minimum absolute atomic E-state index is 0.0532. The fourth-order valence-electron chi connectivity index (χ4n) is 13.4. The summed E-state index contributed by atoms with van der Waals surface area (Å²) < 4.78 is 25.7. The number of H-pyrrole nitrogens is 2. The highest BCUT2D eigenvalue weighted by atomic mass is 79.9. The zero-order valence-corrected chi connectivity index (χ0v) is 67.1. The first-order chi connectivity index (χ1) is 50.6. The van der Waals surface area contributed by atoms with E-state index < -0.39 is 18.7 Å². The molecular weight excluding hydrogens is 1600 g/mol. The Labute approximate surface area is 660 Å². The number of hydrogen-bond donors (Lipinski definition) is 4. The first-order valence-electron chi connectivity index (χ1n) is 34.0. The van der Waals surface area contributed by atoms with Gasteiger partial charge in [-0.15, -0.1) is 0 Å². The molecule has 0 bridgehead atoms. The molecule has 5 aromatic carbocycles. The third-order valence-electron chi connectivity index (χ3n) is 18.3. The first kappa shape index (κ1) is 77.4. The number of aromatic nitrogens is 11. The summed E-state index contributed by atoms with van der Waals surface area (Å²) in [6.45, 7) is 22.5. The van der Waals surface area contributed by atoms with Crippen molar-refractivity contribution in [2.45, 2.75) is 107 Å². The van der Waals surface area contributed by atoms with Crippen LogP contribution in [0.3, 0.4) is 0 Å². The first-order valence-corrected chi connectivity index (χ1v) is 37.9. The summed E-state index contributed by atoms with van der Waals surface area (Å²) in [6.07, 6.45) is 10.4. The van der Waals surface area contributed by atoms with Crippen LogP contribution in [-0.4, -0.2) is 108 Å². The maximum atomic E-state index is 12.4. The van der Waals surface area contributed by atoms with Crippen molar-refractivity contribution in [1.29, 1.82) is 0 Å². The molecule has 18 nitrogen and oxygen atoms in total. The molecule has 106 heavy (non-hydrogen) atoms. The number of nitrogens with one attached hydrogen (secondary N) is 2. The fourth-order valence-corrected chi connectivity index (χ4v) is 16.0. The number of ether oxygens (including phenoxy) is 1. The van der Waals surface area contributed by atoms with Crippen molar-refractivity contribution in [1.82, 2.24) is 59.2 Å². The molecule has 4 N–H and O–H groups in total. The summed E-state index contributed by atoms with van der Waals surface area (Å²) in [5.41, 5.74) is 21.5. The number of benzene rings is 5. The van der Waals surface area contributed by atoms with E-state index in [4.69, 9.17) is 99.7 Å². The average molecular weight is 1670 g/mol. The monoisotopic (exact) mass is 1670 g/mol. The smallest absolute Gasteiger partial charge is 0.444 e. The molecule has 0 fully saturated rings. The molecular formula is C78H74BBr2Cl6FN14O4. The number of para-hydroxylation sites is 3. The van der Waals surface area contributed by atoms with Crippen LogP contribution in [0.2, 0.25) is 30.1 Å². The summed E-state index contributed by atoms with van der Waals surface area (Å²) in [4.78, 5) is 37.1. The Balaban J connectivity index is 0.000000132. The van der Waals surface area contributed by atoms with Gasteiger partial charge in [0.25, 0.3) is 0 Å². The van der Waals surface area contributed by atoms with Crippen molar-refractivity contribution >= 4 is 154 Å². The van der Waals surface area contributed by atoms with Gasteiger partial charge in [0.1, 0.15) is 26.4 Å². The van der Waals surface area contributed by atoms with E-state index in [0.29, 0.717) is 56.8 Å². The summed E-state index contributed by atoms with van der Waals surface area (Å²) in [5, 5.41) is 37.3. The number of amides is 1. The van der Waals surface area contributed by atoms with Gasteiger partial charge in [0.15, 0.2) is 0 Å². The second-order valence-electron chi connectivity index (χ2n) is 26.9. The predicted molar refractivity (Wildman–Crippen MR) is 433 cm³/mol. The van der Waals surface area contributed by atoms with Gasteiger partial charge in [-0.25, -0.2) is 33.8 Å². The van der Waals surface area contributed by atoms with Crippen molar-refractivity contribution in [3.8, 4) is 28.3 Å². The number of aryl methyl sites for hydroxylation is 6. The van der Waals surface area contributed by atoms with Gasteiger partial charge < -0.3 is 39.5 Å². The molecule has 3 aliphatic rings. The Morgan fingerprint density at radius 2 is 0.925 bits per heavy atom. The molecule has 13 aromatic rings. The molecule has 0 radical (unpaired) electrons. The van der Waals surface area contributed by atoms with E-state index in [2.05, 4.69) is 192 Å². The molecule has 0 spiro atoms. The van der Waals surface area contributed by atoms with E-state index in [1.807, 2.05) is 48.5 Å². The average Bonchev–Trinajstić information content (AvgIpc) is 1.60. The quantitative estimate of drug-likeness (QED) is 0.0871. The van der Waals surface area contributed by atoms with Gasteiger partial charge in [-0.1, -0.05) is 148 Å². The van der Waals surface area contributed by atoms with Gasteiger partial charge in [-0.2, -0.15) is 19.7 Å². The van der Waals surface area contributed by atoms with Crippen molar-refractivity contribution < 1.29 is 24.0 Å². The topological polar surface area (TPSA) is 200 Å². The van der Waals surface area contributed by atoms with E-state index in [1.54, 1.807) is 47.8 Å². The fraction of sp³-hybridized carbons (Fsp3) is 0.244. The molecule has 0 atom stereocenters. The van der Waals surface area contributed by atoms with Crippen LogP contribution in [0.1, 0.15) is 87.9 Å². The van der Waals surface area contributed by atoms with Crippen LogP contribution in [0, 0.1) is 47.5 Å². The molecule has 28 heteroatoms. The number of pyridine rings is 3. The largest absolute Gasteiger partial charge is 0.489 e. The van der Waals surface area contributed by atoms with E-state index in [-0.39, 0.29) is 11.1 Å². The SMILES string of the molecule is Cc1cccc(C)c1-n1nc2c(c1-c1cccc3[nH]ccc13)CN(c1ncc(Cl)cc1Cl)CC2.Cc1cccc(C)c1-n1nc2c(c1Br)CN(C(=O)OC(C)(C)C)CC2.Cc1cccc(C)c1-n1nc2c(c1Br)CN(c1ncc(Cl)cc1Cl)CC2.Fc1ncc(Cl)cc1Cl.OB(O)c1cccc2[nH]ccc12. The Kier molecular flexibility index (Phi) is 24.1. The minimum atomic E-state index is -1.40.